The second-order valence-electron chi connectivity index (χ2n) is 3.43. The predicted molar refractivity (Wildman–Crippen MR) is 63.2 cm³/mol. The third-order valence-corrected chi connectivity index (χ3v) is 2.91. The van der Waals surface area contributed by atoms with E-state index in [0.29, 0.717) is 16.9 Å². The third-order valence-electron chi connectivity index (χ3n) is 2.26. The fraction of sp³-hybridized carbons (Fsp3) is 0.300. The zero-order chi connectivity index (χ0) is 11.7. The van der Waals surface area contributed by atoms with Crippen LogP contribution in [0.2, 0.25) is 5.15 Å². The smallest absolute Gasteiger partial charge is 0.177 e. The molecule has 0 fully saturated rings. The van der Waals surface area contributed by atoms with Gasteiger partial charge >= 0.3 is 0 Å². The van der Waals surface area contributed by atoms with Crippen molar-refractivity contribution in [2.75, 3.05) is 0 Å². The first-order chi connectivity index (χ1) is 7.63. The van der Waals surface area contributed by atoms with Crippen LogP contribution in [0, 0.1) is 13.8 Å². The number of hydrogen-bond donors (Lipinski definition) is 0. The maximum atomic E-state index is 6.15. The zero-order valence-electron chi connectivity index (χ0n) is 8.91. The van der Waals surface area contributed by atoms with Crippen LogP contribution >= 0.6 is 23.2 Å². The van der Waals surface area contributed by atoms with Crippen molar-refractivity contribution in [3.8, 4) is 5.82 Å². The van der Waals surface area contributed by atoms with E-state index in [2.05, 4.69) is 15.3 Å². The Bertz CT molecular complexity index is 504. The lowest BCUT2D eigenvalue weighted by molar-refractivity contribution is 0.797. The van der Waals surface area contributed by atoms with Crippen molar-refractivity contribution in [2.45, 2.75) is 19.7 Å². The van der Waals surface area contributed by atoms with E-state index in [1.807, 2.05) is 26.0 Å². The molecule has 0 amide bonds. The number of hydrogen-bond acceptors (Lipinski definition) is 3. The Morgan fingerprint density at radius 3 is 2.50 bits per heavy atom. The highest BCUT2D eigenvalue weighted by Crippen LogP contribution is 2.23. The van der Waals surface area contributed by atoms with Gasteiger partial charge in [-0.05, 0) is 26.0 Å². The lowest BCUT2D eigenvalue weighted by Gasteiger charge is -2.01. The summed E-state index contributed by atoms with van der Waals surface area (Å²) in [4.78, 5) is 0. The van der Waals surface area contributed by atoms with Crippen molar-refractivity contribution in [1.82, 2.24) is 20.0 Å². The summed E-state index contributed by atoms with van der Waals surface area (Å²) in [7, 11) is 0. The van der Waals surface area contributed by atoms with Crippen LogP contribution in [0.3, 0.4) is 0 Å². The standard InChI is InChI=1S/C10H10Cl2N4/c1-6-3-4-9(14-13-6)16-10(12)8(5-11)7(2)15-16/h3-4H,5H2,1-2H3. The second kappa shape index (κ2) is 4.39. The Kier molecular flexibility index (Phi) is 3.12. The summed E-state index contributed by atoms with van der Waals surface area (Å²) < 4.78 is 1.54. The van der Waals surface area contributed by atoms with Crippen molar-refractivity contribution in [2.24, 2.45) is 0 Å². The normalized spacial score (nSPS) is 10.8. The minimum Gasteiger partial charge on any atom is -0.201 e. The van der Waals surface area contributed by atoms with Crippen LogP contribution in [-0.4, -0.2) is 20.0 Å². The molecule has 84 valence electrons. The molecule has 4 nitrogen and oxygen atoms in total. The van der Waals surface area contributed by atoms with Crippen LogP contribution in [0.15, 0.2) is 12.1 Å². The third kappa shape index (κ3) is 1.90. The molecular weight excluding hydrogens is 247 g/mol. The summed E-state index contributed by atoms with van der Waals surface area (Å²) in [6.07, 6.45) is 0. The quantitative estimate of drug-likeness (QED) is 0.777. The molecule has 2 aromatic heterocycles. The Morgan fingerprint density at radius 2 is 2.00 bits per heavy atom. The predicted octanol–water partition coefficient (Wildman–Crippen LogP) is 2.67. The largest absolute Gasteiger partial charge is 0.201 e. The van der Waals surface area contributed by atoms with Crippen LogP contribution in [0.1, 0.15) is 17.0 Å². The van der Waals surface area contributed by atoms with E-state index >= 15 is 0 Å². The van der Waals surface area contributed by atoms with Gasteiger partial charge in [0.1, 0.15) is 5.15 Å². The first kappa shape index (κ1) is 11.4. The van der Waals surface area contributed by atoms with Gasteiger partial charge in [-0.3, -0.25) is 0 Å². The number of alkyl halides is 1. The summed E-state index contributed by atoms with van der Waals surface area (Å²) in [6.45, 7) is 3.73. The van der Waals surface area contributed by atoms with Gasteiger partial charge in [0, 0.05) is 5.56 Å². The molecule has 0 aliphatic carbocycles. The number of halogens is 2. The highest BCUT2D eigenvalue weighted by molar-refractivity contribution is 6.31. The Morgan fingerprint density at radius 1 is 1.25 bits per heavy atom. The van der Waals surface area contributed by atoms with Gasteiger partial charge in [-0.2, -0.15) is 10.2 Å². The molecule has 0 radical (unpaired) electrons. The van der Waals surface area contributed by atoms with Crippen LogP contribution in [0.4, 0.5) is 0 Å². The number of aryl methyl sites for hydroxylation is 2. The lowest BCUT2D eigenvalue weighted by Crippen LogP contribution is -2.01. The molecule has 0 bridgehead atoms. The van der Waals surface area contributed by atoms with Crippen LogP contribution in [0.25, 0.3) is 5.82 Å². The average molecular weight is 257 g/mol. The van der Waals surface area contributed by atoms with Crippen molar-refractivity contribution >= 4 is 23.2 Å². The molecule has 0 spiro atoms. The summed E-state index contributed by atoms with van der Waals surface area (Å²) in [6, 6.07) is 3.68. The van der Waals surface area contributed by atoms with Crippen LogP contribution in [0.5, 0.6) is 0 Å². The van der Waals surface area contributed by atoms with Crippen molar-refractivity contribution < 1.29 is 0 Å². The first-order valence-corrected chi connectivity index (χ1v) is 5.65. The highest BCUT2D eigenvalue weighted by atomic mass is 35.5. The van der Waals surface area contributed by atoms with Gasteiger partial charge in [0.05, 0.1) is 17.3 Å². The summed E-state index contributed by atoms with van der Waals surface area (Å²) in [5.74, 6) is 0.930. The van der Waals surface area contributed by atoms with Crippen LogP contribution in [-0.2, 0) is 5.88 Å². The molecule has 0 atom stereocenters. The molecule has 2 aromatic rings. The topological polar surface area (TPSA) is 43.6 Å². The maximum Gasteiger partial charge on any atom is 0.177 e. The molecule has 6 heteroatoms. The molecular formula is C10H10Cl2N4. The van der Waals surface area contributed by atoms with Gasteiger partial charge in [-0.1, -0.05) is 11.6 Å². The van der Waals surface area contributed by atoms with Gasteiger partial charge in [-0.25, -0.2) is 4.68 Å². The Labute approximate surface area is 103 Å². The summed E-state index contributed by atoms with van der Waals surface area (Å²) in [5.41, 5.74) is 2.48. The molecule has 0 unspecified atom stereocenters. The molecule has 0 aliphatic heterocycles. The second-order valence-corrected chi connectivity index (χ2v) is 4.06. The van der Waals surface area contributed by atoms with Crippen molar-refractivity contribution in [3.05, 3.63) is 34.2 Å². The Hall–Kier alpha value is -1.13. The van der Waals surface area contributed by atoms with Gasteiger partial charge in [0.25, 0.3) is 0 Å². The molecule has 0 aliphatic rings. The van der Waals surface area contributed by atoms with E-state index in [1.165, 1.54) is 0 Å². The van der Waals surface area contributed by atoms with Gasteiger partial charge in [-0.15, -0.1) is 16.7 Å². The number of rotatable bonds is 2. The average Bonchev–Trinajstić information content (AvgIpc) is 2.55. The maximum absolute atomic E-state index is 6.15. The SMILES string of the molecule is Cc1ccc(-n2nc(C)c(CCl)c2Cl)nn1. The molecule has 2 heterocycles. The minimum atomic E-state index is 0.337. The van der Waals surface area contributed by atoms with Crippen molar-refractivity contribution in [1.29, 1.82) is 0 Å². The van der Waals surface area contributed by atoms with E-state index < -0.39 is 0 Å². The van der Waals surface area contributed by atoms with Crippen molar-refractivity contribution in [3.63, 3.8) is 0 Å². The molecule has 0 saturated carbocycles. The van der Waals surface area contributed by atoms with E-state index in [-0.39, 0.29) is 0 Å². The minimum absolute atomic E-state index is 0.337. The van der Waals surface area contributed by atoms with E-state index in [9.17, 15) is 0 Å². The van der Waals surface area contributed by atoms with E-state index in [4.69, 9.17) is 23.2 Å². The lowest BCUT2D eigenvalue weighted by atomic mass is 10.3. The summed E-state index contributed by atoms with van der Waals surface area (Å²) >= 11 is 11.9. The fourth-order valence-electron chi connectivity index (χ4n) is 1.34. The Balaban J connectivity index is 2.52. The number of nitrogens with zero attached hydrogens (tertiary/aromatic N) is 4. The monoisotopic (exact) mass is 256 g/mol. The molecule has 16 heavy (non-hydrogen) atoms. The molecule has 0 aromatic carbocycles. The number of aromatic nitrogens is 4. The van der Waals surface area contributed by atoms with Gasteiger partial charge in [0.15, 0.2) is 5.82 Å². The van der Waals surface area contributed by atoms with E-state index in [0.717, 1.165) is 17.0 Å². The van der Waals surface area contributed by atoms with E-state index in [1.54, 1.807) is 4.68 Å². The first-order valence-electron chi connectivity index (χ1n) is 4.74. The fourth-order valence-corrected chi connectivity index (χ4v) is 2.06. The molecule has 0 N–H and O–H groups in total. The van der Waals surface area contributed by atoms with Gasteiger partial charge < -0.3 is 0 Å². The summed E-state index contributed by atoms with van der Waals surface area (Å²) in [5, 5.41) is 12.7. The highest BCUT2D eigenvalue weighted by Gasteiger charge is 2.14. The zero-order valence-corrected chi connectivity index (χ0v) is 10.4. The van der Waals surface area contributed by atoms with Crippen LogP contribution < -0.4 is 0 Å². The molecule has 0 saturated heterocycles. The molecule has 2 rings (SSSR count). The van der Waals surface area contributed by atoms with Gasteiger partial charge in [0.2, 0.25) is 0 Å².